The molecule has 2 aromatic rings. The molecular weight excluding hydrogens is 324 g/mol. The van der Waals surface area contributed by atoms with Crippen molar-refractivity contribution in [2.45, 2.75) is 25.5 Å². The Morgan fingerprint density at radius 3 is 2.78 bits per heavy atom. The molecule has 0 aliphatic heterocycles. The number of carbonyl (C=O) groups is 1. The third-order valence-corrected chi connectivity index (χ3v) is 3.54. The van der Waals surface area contributed by atoms with E-state index in [1.807, 2.05) is 0 Å². The number of furan rings is 1. The summed E-state index contributed by atoms with van der Waals surface area (Å²) in [5.41, 5.74) is -0.0514. The first-order valence-corrected chi connectivity index (χ1v) is 7.22. The van der Waals surface area contributed by atoms with Crippen LogP contribution in [0.15, 0.2) is 41.0 Å². The van der Waals surface area contributed by atoms with E-state index in [1.165, 1.54) is 24.5 Å². The monoisotopic (exact) mass is 338 g/mol. The van der Waals surface area contributed by atoms with Crippen LogP contribution in [0.1, 0.15) is 35.6 Å². The summed E-state index contributed by atoms with van der Waals surface area (Å²) in [7, 11) is 0. The van der Waals surface area contributed by atoms with Crippen molar-refractivity contribution in [2.24, 2.45) is 0 Å². The highest BCUT2D eigenvalue weighted by Gasteiger charge is 2.19. The van der Waals surface area contributed by atoms with Crippen LogP contribution in [0, 0.1) is 10.1 Å². The number of benzene rings is 1. The first-order chi connectivity index (χ1) is 10.9. The Balaban J connectivity index is 1.98. The van der Waals surface area contributed by atoms with Gasteiger partial charge in [-0.05, 0) is 31.2 Å². The standard InChI is InChI=1S/C15H15ClN2O5/c1-9(7-13(19)14-3-2-6-23-14)17-15(20)10-4-5-12(18(21)22)11(16)8-10/h2-6,8-9,13,19H,7H2,1H3,(H,17,20). The number of nitrogens with zero attached hydrogens (tertiary/aromatic N) is 1. The Bertz CT molecular complexity index is 702. The van der Waals surface area contributed by atoms with Gasteiger partial charge in [-0.15, -0.1) is 0 Å². The van der Waals surface area contributed by atoms with Crippen molar-refractivity contribution in [3.8, 4) is 0 Å². The number of carbonyl (C=O) groups excluding carboxylic acids is 1. The van der Waals surface area contributed by atoms with Crippen LogP contribution in [0.5, 0.6) is 0 Å². The molecule has 122 valence electrons. The molecule has 0 radical (unpaired) electrons. The molecule has 0 aliphatic rings. The predicted molar refractivity (Wildman–Crippen MR) is 83.3 cm³/mol. The number of amides is 1. The Morgan fingerprint density at radius 1 is 1.48 bits per heavy atom. The van der Waals surface area contributed by atoms with E-state index in [1.54, 1.807) is 19.1 Å². The maximum atomic E-state index is 12.1. The summed E-state index contributed by atoms with van der Waals surface area (Å²) in [4.78, 5) is 22.2. The molecule has 0 spiro atoms. The molecular formula is C15H15ClN2O5. The minimum atomic E-state index is -0.833. The number of hydrogen-bond donors (Lipinski definition) is 2. The number of nitro groups is 1. The highest BCUT2D eigenvalue weighted by Crippen LogP contribution is 2.25. The van der Waals surface area contributed by atoms with Crippen LogP contribution in [-0.4, -0.2) is 22.0 Å². The topological polar surface area (TPSA) is 106 Å². The molecule has 1 heterocycles. The lowest BCUT2D eigenvalue weighted by Gasteiger charge is -2.16. The van der Waals surface area contributed by atoms with E-state index in [0.717, 1.165) is 0 Å². The van der Waals surface area contributed by atoms with E-state index in [9.17, 15) is 20.0 Å². The Hall–Kier alpha value is -2.38. The molecule has 7 nitrogen and oxygen atoms in total. The van der Waals surface area contributed by atoms with E-state index in [0.29, 0.717) is 5.76 Å². The Labute approximate surface area is 137 Å². The lowest BCUT2D eigenvalue weighted by atomic mass is 10.1. The highest BCUT2D eigenvalue weighted by atomic mass is 35.5. The zero-order valence-electron chi connectivity index (χ0n) is 12.2. The number of hydrogen-bond acceptors (Lipinski definition) is 5. The zero-order valence-corrected chi connectivity index (χ0v) is 13.0. The van der Waals surface area contributed by atoms with Crippen molar-refractivity contribution in [1.82, 2.24) is 5.32 Å². The quantitative estimate of drug-likeness (QED) is 0.622. The third kappa shape index (κ3) is 4.30. The van der Waals surface area contributed by atoms with Gasteiger partial charge in [0.25, 0.3) is 11.6 Å². The molecule has 2 N–H and O–H groups in total. The van der Waals surface area contributed by atoms with Gasteiger partial charge in [-0.3, -0.25) is 14.9 Å². The van der Waals surface area contributed by atoms with E-state index in [4.69, 9.17) is 16.0 Å². The van der Waals surface area contributed by atoms with Crippen LogP contribution >= 0.6 is 11.6 Å². The number of halogens is 1. The van der Waals surface area contributed by atoms with Crippen LogP contribution in [-0.2, 0) is 0 Å². The minimum absolute atomic E-state index is 0.106. The highest BCUT2D eigenvalue weighted by molar-refractivity contribution is 6.33. The van der Waals surface area contributed by atoms with Crippen LogP contribution in [0.25, 0.3) is 0 Å². The van der Waals surface area contributed by atoms with Gasteiger partial charge < -0.3 is 14.8 Å². The summed E-state index contributed by atoms with van der Waals surface area (Å²) in [6.45, 7) is 1.73. The third-order valence-electron chi connectivity index (χ3n) is 3.23. The van der Waals surface area contributed by atoms with Gasteiger partial charge in [-0.1, -0.05) is 11.6 Å². The maximum absolute atomic E-state index is 12.1. The minimum Gasteiger partial charge on any atom is -0.467 e. The van der Waals surface area contributed by atoms with Gasteiger partial charge in [0.15, 0.2) is 0 Å². The Kier molecular flexibility index (Phi) is 5.36. The fourth-order valence-corrected chi connectivity index (χ4v) is 2.34. The molecule has 2 rings (SSSR count). The van der Waals surface area contributed by atoms with E-state index in [-0.39, 0.29) is 28.7 Å². The molecule has 2 atom stereocenters. The van der Waals surface area contributed by atoms with Gasteiger partial charge in [-0.25, -0.2) is 0 Å². The lowest BCUT2D eigenvalue weighted by molar-refractivity contribution is -0.384. The molecule has 0 bridgehead atoms. The van der Waals surface area contributed by atoms with E-state index < -0.39 is 16.9 Å². The molecule has 8 heteroatoms. The van der Waals surface area contributed by atoms with E-state index >= 15 is 0 Å². The number of rotatable bonds is 6. The zero-order chi connectivity index (χ0) is 17.0. The first-order valence-electron chi connectivity index (χ1n) is 6.84. The average molecular weight is 339 g/mol. The number of aliphatic hydroxyl groups is 1. The average Bonchev–Trinajstić information content (AvgIpc) is 3.00. The summed E-state index contributed by atoms with van der Waals surface area (Å²) in [5, 5.41) is 23.3. The van der Waals surface area contributed by atoms with Crippen LogP contribution in [0.3, 0.4) is 0 Å². The molecule has 0 saturated carbocycles. The number of nitro benzene ring substituents is 1. The largest absolute Gasteiger partial charge is 0.467 e. The molecule has 23 heavy (non-hydrogen) atoms. The normalized spacial score (nSPS) is 13.3. The maximum Gasteiger partial charge on any atom is 0.287 e. The fraction of sp³-hybridized carbons (Fsp3) is 0.267. The molecule has 1 aromatic carbocycles. The van der Waals surface area contributed by atoms with Crippen LogP contribution < -0.4 is 5.32 Å². The lowest BCUT2D eigenvalue weighted by Crippen LogP contribution is -2.33. The van der Waals surface area contributed by atoms with Crippen molar-refractivity contribution < 1.29 is 19.2 Å². The molecule has 2 unspecified atom stereocenters. The SMILES string of the molecule is CC(CC(O)c1ccco1)NC(=O)c1ccc([N+](=O)[O-])c(Cl)c1. The number of nitrogens with one attached hydrogen (secondary N) is 1. The first kappa shape index (κ1) is 17.0. The van der Waals surface area contributed by atoms with Crippen molar-refractivity contribution in [3.63, 3.8) is 0 Å². The van der Waals surface area contributed by atoms with Crippen LogP contribution in [0.4, 0.5) is 5.69 Å². The van der Waals surface area contributed by atoms with Gasteiger partial charge in [-0.2, -0.15) is 0 Å². The van der Waals surface area contributed by atoms with Gasteiger partial charge in [0.1, 0.15) is 16.9 Å². The Morgan fingerprint density at radius 2 is 2.22 bits per heavy atom. The van der Waals surface area contributed by atoms with Crippen molar-refractivity contribution in [1.29, 1.82) is 0 Å². The molecule has 1 aromatic heterocycles. The summed E-state index contributed by atoms with van der Waals surface area (Å²) in [6, 6.07) is 6.73. The van der Waals surface area contributed by atoms with Gasteiger partial charge >= 0.3 is 0 Å². The second-order valence-electron chi connectivity index (χ2n) is 5.06. The molecule has 0 fully saturated rings. The molecule has 0 saturated heterocycles. The smallest absolute Gasteiger partial charge is 0.287 e. The fourth-order valence-electron chi connectivity index (χ4n) is 2.09. The second kappa shape index (κ2) is 7.26. The molecule has 1 amide bonds. The summed E-state index contributed by atoms with van der Waals surface area (Å²) in [6.07, 6.45) is 0.890. The number of aliphatic hydroxyl groups excluding tert-OH is 1. The molecule has 0 aliphatic carbocycles. The van der Waals surface area contributed by atoms with Crippen molar-refractivity contribution in [2.75, 3.05) is 0 Å². The van der Waals surface area contributed by atoms with Gasteiger partial charge in [0, 0.05) is 24.1 Å². The van der Waals surface area contributed by atoms with Crippen molar-refractivity contribution in [3.05, 3.63) is 63.1 Å². The van der Waals surface area contributed by atoms with Crippen LogP contribution in [0.2, 0.25) is 5.02 Å². The van der Waals surface area contributed by atoms with Gasteiger partial charge in [0.2, 0.25) is 0 Å². The van der Waals surface area contributed by atoms with Gasteiger partial charge in [0.05, 0.1) is 11.2 Å². The predicted octanol–water partition coefficient (Wildman–Crippen LogP) is 3.08. The van der Waals surface area contributed by atoms with Crippen molar-refractivity contribution >= 4 is 23.2 Å². The summed E-state index contributed by atoms with van der Waals surface area (Å²) in [5.74, 6) is -0.00887. The second-order valence-corrected chi connectivity index (χ2v) is 5.47. The van der Waals surface area contributed by atoms with E-state index in [2.05, 4.69) is 5.32 Å². The summed E-state index contributed by atoms with van der Waals surface area (Å²) >= 11 is 5.78. The summed E-state index contributed by atoms with van der Waals surface area (Å²) < 4.78 is 5.09.